The molecule has 0 aliphatic rings. The second kappa shape index (κ2) is 12.1. The van der Waals surface area contributed by atoms with Crippen molar-refractivity contribution in [2.45, 2.75) is 65.5 Å². The largest absolute Gasteiger partial charge is 0.360 e. The number of amides is 3. The van der Waals surface area contributed by atoms with Crippen molar-refractivity contribution in [3.8, 4) is 0 Å². The van der Waals surface area contributed by atoms with Crippen molar-refractivity contribution in [2.75, 3.05) is 10.2 Å². The summed E-state index contributed by atoms with van der Waals surface area (Å²) in [6.45, 7) is 9.31. The molecule has 1 heterocycles. The van der Waals surface area contributed by atoms with Crippen molar-refractivity contribution in [2.24, 2.45) is 0 Å². The number of nitrogens with one attached hydrogen (secondary N) is 2. The molecular weight excluding hydrogens is 492 g/mol. The Balaban J connectivity index is 2.01. The van der Waals surface area contributed by atoms with E-state index in [9.17, 15) is 14.4 Å². The lowest BCUT2D eigenvalue weighted by atomic mass is 9.98. The molecule has 196 valence electrons. The van der Waals surface area contributed by atoms with Crippen LogP contribution >= 0.6 is 11.6 Å². The number of hydrogen-bond acceptors (Lipinski definition) is 5. The quantitative estimate of drug-likeness (QED) is 0.378. The van der Waals surface area contributed by atoms with Crippen LogP contribution < -0.4 is 15.5 Å². The van der Waals surface area contributed by atoms with E-state index in [-0.39, 0.29) is 36.4 Å². The van der Waals surface area contributed by atoms with E-state index in [1.807, 2.05) is 52.0 Å². The first kappa shape index (κ1) is 27.9. The molecule has 2 N–H and O–H groups in total. The maximum absolute atomic E-state index is 13.9. The van der Waals surface area contributed by atoms with Crippen LogP contribution in [0.4, 0.5) is 11.5 Å². The summed E-state index contributed by atoms with van der Waals surface area (Å²) in [5.41, 5.74) is 1.42. The number of halogens is 1. The van der Waals surface area contributed by atoms with E-state index in [0.29, 0.717) is 28.5 Å². The molecule has 1 unspecified atom stereocenters. The number of rotatable bonds is 9. The van der Waals surface area contributed by atoms with Crippen LogP contribution in [-0.4, -0.2) is 28.4 Å². The third-order valence-electron chi connectivity index (χ3n) is 5.57. The fourth-order valence-electron chi connectivity index (χ4n) is 3.97. The van der Waals surface area contributed by atoms with Crippen molar-refractivity contribution in [3.05, 3.63) is 76.5 Å². The predicted octanol–water partition coefficient (Wildman–Crippen LogP) is 5.61. The van der Waals surface area contributed by atoms with E-state index in [0.717, 1.165) is 5.56 Å². The van der Waals surface area contributed by atoms with Crippen molar-refractivity contribution in [1.82, 2.24) is 10.5 Å². The lowest BCUT2D eigenvalue weighted by Crippen LogP contribution is -2.50. The van der Waals surface area contributed by atoms with Gasteiger partial charge in [-0.05, 0) is 51.8 Å². The van der Waals surface area contributed by atoms with Crippen LogP contribution in [-0.2, 0) is 20.8 Å². The van der Waals surface area contributed by atoms with Crippen LogP contribution in [0.1, 0.15) is 63.5 Å². The van der Waals surface area contributed by atoms with Crippen LogP contribution in [0.2, 0.25) is 5.02 Å². The molecule has 0 saturated carbocycles. The van der Waals surface area contributed by atoms with Crippen LogP contribution in [0.3, 0.4) is 0 Å². The third kappa shape index (κ3) is 7.43. The van der Waals surface area contributed by atoms with Gasteiger partial charge in [0.25, 0.3) is 0 Å². The molecule has 3 rings (SSSR count). The zero-order valence-corrected chi connectivity index (χ0v) is 22.6. The summed E-state index contributed by atoms with van der Waals surface area (Å²) >= 11 is 6.57. The molecule has 0 spiro atoms. The number of nitrogens with zero attached hydrogens (tertiary/aromatic N) is 2. The predicted molar refractivity (Wildman–Crippen MR) is 144 cm³/mol. The molecule has 1 aromatic heterocycles. The van der Waals surface area contributed by atoms with Crippen LogP contribution in [0.15, 0.2) is 59.1 Å². The Hall–Kier alpha value is -3.65. The summed E-state index contributed by atoms with van der Waals surface area (Å²) in [6.07, 6.45) is 0.401. The number of carbonyl (C=O) groups excluding carboxylic acids is 3. The SMILES string of the molecule is CCc1ccccc1N(C(=O)CCC(=O)Nc1cc(C)on1)C(C(=O)NC(C)(C)C)c1ccccc1Cl. The summed E-state index contributed by atoms with van der Waals surface area (Å²) in [6, 6.07) is 15.0. The molecule has 2 aromatic carbocycles. The minimum absolute atomic E-state index is 0.105. The zero-order chi connectivity index (χ0) is 27.2. The fraction of sp³-hybridized carbons (Fsp3) is 0.357. The molecule has 37 heavy (non-hydrogen) atoms. The highest BCUT2D eigenvalue weighted by Gasteiger charge is 2.36. The fourth-order valence-corrected chi connectivity index (χ4v) is 4.21. The average molecular weight is 525 g/mol. The second-order valence-electron chi connectivity index (χ2n) is 9.78. The molecule has 9 heteroatoms. The minimum atomic E-state index is -1.05. The summed E-state index contributed by atoms with van der Waals surface area (Å²) < 4.78 is 4.97. The highest BCUT2D eigenvalue weighted by atomic mass is 35.5. The van der Waals surface area contributed by atoms with Crippen molar-refractivity contribution >= 4 is 40.8 Å². The van der Waals surface area contributed by atoms with Crippen molar-refractivity contribution < 1.29 is 18.9 Å². The highest BCUT2D eigenvalue weighted by molar-refractivity contribution is 6.31. The number of benzene rings is 2. The number of carbonyl (C=O) groups is 3. The summed E-state index contributed by atoms with van der Waals surface area (Å²) in [7, 11) is 0. The third-order valence-corrected chi connectivity index (χ3v) is 5.91. The maximum atomic E-state index is 13.9. The van der Waals surface area contributed by atoms with Crippen molar-refractivity contribution in [1.29, 1.82) is 0 Å². The molecule has 3 amide bonds. The van der Waals surface area contributed by atoms with E-state index >= 15 is 0 Å². The van der Waals surface area contributed by atoms with Crippen LogP contribution in [0.5, 0.6) is 0 Å². The molecule has 0 radical (unpaired) electrons. The lowest BCUT2D eigenvalue weighted by Gasteiger charge is -2.35. The molecule has 8 nitrogen and oxygen atoms in total. The molecule has 1 atom stereocenters. The van der Waals surface area contributed by atoms with Gasteiger partial charge in [-0.15, -0.1) is 0 Å². The summed E-state index contributed by atoms with van der Waals surface area (Å²) in [5, 5.41) is 9.74. The van der Waals surface area contributed by atoms with Crippen molar-refractivity contribution in [3.63, 3.8) is 0 Å². The molecule has 0 bridgehead atoms. The topological polar surface area (TPSA) is 105 Å². The van der Waals surface area contributed by atoms with Gasteiger partial charge in [0.2, 0.25) is 17.7 Å². The Kier molecular flexibility index (Phi) is 9.10. The van der Waals surface area contributed by atoms with E-state index < -0.39 is 11.6 Å². The molecule has 0 fully saturated rings. The first-order valence-electron chi connectivity index (χ1n) is 12.2. The van der Waals surface area contributed by atoms with Gasteiger partial charge in [0.05, 0.1) is 0 Å². The van der Waals surface area contributed by atoms with Crippen LogP contribution in [0, 0.1) is 6.92 Å². The first-order valence-corrected chi connectivity index (χ1v) is 12.6. The van der Waals surface area contributed by atoms with E-state index in [4.69, 9.17) is 16.1 Å². The normalized spacial score (nSPS) is 12.1. The van der Waals surface area contributed by atoms with Gasteiger partial charge < -0.3 is 15.2 Å². The van der Waals surface area contributed by atoms with Gasteiger partial charge in [-0.2, -0.15) is 0 Å². The average Bonchev–Trinajstić information content (AvgIpc) is 3.24. The Bertz CT molecular complexity index is 1260. The molecular formula is C28H33ClN4O4. The first-order chi connectivity index (χ1) is 17.5. The number of hydrogen-bond donors (Lipinski definition) is 2. The number of anilines is 2. The van der Waals surface area contributed by atoms with E-state index in [2.05, 4.69) is 15.8 Å². The Morgan fingerprint density at radius 1 is 1.05 bits per heavy atom. The Morgan fingerprint density at radius 2 is 1.73 bits per heavy atom. The summed E-state index contributed by atoms with van der Waals surface area (Å²) in [4.78, 5) is 41.6. The number of aromatic nitrogens is 1. The minimum Gasteiger partial charge on any atom is -0.360 e. The van der Waals surface area contributed by atoms with Gasteiger partial charge in [0.1, 0.15) is 11.8 Å². The maximum Gasteiger partial charge on any atom is 0.248 e. The van der Waals surface area contributed by atoms with Gasteiger partial charge in [-0.1, -0.05) is 60.1 Å². The molecule has 0 saturated heterocycles. The number of aryl methyl sites for hydroxylation is 2. The Morgan fingerprint density at radius 3 is 2.35 bits per heavy atom. The highest BCUT2D eigenvalue weighted by Crippen LogP contribution is 2.35. The van der Waals surface area contributed by atoms with Crippen LogP contribution in [0.25, 0.3) is 0 Å². The Labute approximate surface area is 222 Å². The molecule has 3 aromatic rings. The van der Waals surface area contributed by atoms with Gasteiger partial charge in [-0.25, -0.2) is 0 Å². The smallest absolute Gasteiger partial charge is 0.248 e. The zero-order valence-electron chi connectivity index (χ0n) is 21.8. The molecule has 0 aliphatic carbocycles. The number of para-hydroxylation sites is 1. The molecule has 0 aliphatic heterocycles. The summed E-state index contributed by atoms with van der Waals surface area (Å²) in [5.74, 6) is -0.314. The lowest BCUT2D eigenvalue weighted by molar-refractivity contribution is -0.128. The standard InChI is InChI=1S/C28H33ClN4O4/c1-6-19-11-7-10-14-22(19)33(25(35)16-15-24(34)30-23-17-18(2)37-32-23)26(27(36)31-28(3,4)5)20-12-8-9-13-21(20)29/h7-14,17,26H,6,15-16H2,1-5H3,(H,31,36)(H,30,32,34). The second-order valence-corrected chi connectivity index (χ2v) is 10.2. The van der Waals surface area contributed by atoms with Gasteiger partial charge in [0.15, 0.2) is 5.82 Å². The van der Waals surface area contributed by atoms with Gasteiger partial charge in [-0.3, -0.25) is 19.3 Å². The monoisotopic (exact) mass is 524 g/mol. The van der Waals surface area contributed by atoms with E-state index in [1.165, 1.54) is 4.90 Å². The van der Waals surface area contributed by atoms with Gasteiger partial charge in [0, 0.05) is 40.7 Å². The van der Waals surface area contributed by atoms with E-state index in [1.54, 1.807) is 37.3 Å². The van der Waals surface area contributed by atoms with Gasteiger partial charge >= 0.3 is 0 Å².